The van der Waals surface area contributed by atoms with Crippen LogP contribution >= 0.6 is 0 Å². The third-order valence-electron chi connectivity index (χ3n) is 3.95. The fourth-order valence-electron chi connectivity index (χ4n) is 3.10. The van der Waals surface area contributed by atoms with Crippen molar-refractivity contribution in [1.82, 2.24) is 0 Å². The highest BCUT2D eigenvalue weighted by molar-refractivity contribution is 5.93. The Bertz CT molecular complexity index is 547. The van der Waals surface area contributed by atoms with Crippen LogP contribution in [0.4, 0.5) is 5.69 Å². The van der Waals surface area contributed by atoms with Gasteiger partial charge in [0, 0.05) is 29.9 Å². The van der Waals surface area contributed by atoms with Crippen molar-refractivity contribution in [3.05, 3.63) is 29.3 Å². The standard InChI is InChI=1S/C16H22N2O4/c1-10-8-18(9-11(2)22-10)14-4-3-12(15(17)19)7-13(14)16-20-5-6-21-16/h3-4,7,10-11,16H,5-6,8-9H2,1-2H3,(H2,17,19)/t10-,11+. The zero-order chi connectivity index (χ0) is 15.7. The first kappa shape index (κ1) is 15.3. The molecule has 1 aromatic rings. The van der Waals surface area contributed by atoms with Crippen LogP contribution in [0.25, 0.3) is 0 Å². The van der Waals surface area contributed by atoms with Crippen molar-refractivity contribution in [3.8, 4) is 0 Å². The molecule has 0 radical (unpaired) electrons. The second-order valence-electron chi connectivity index (χ2n) is 5.87. The van der Waals surface area contributed by atoms with Crippen LogP contribution in [-0.4, -0.2) is 44.4 Å². The van der Waals surface area contributed by atoms with Crippen molar-refractivity contribution in [3.63, 3.8) is 0 Å². The number of rotatable bonds is 3. The maximum absolute atomic E-state index is 11.5. The highest BCUT2D eigenvalue weighted by atomic mass is 16.7. The Morgan fingerprint density at radius 3 is 2.41 bits per heavy atom. The van der Waals surface area contributed by atoms with Gasteiger partial charge in [0.15, 0.2) is 6.29 Å². The summed E-state index contributed by atoms with van der Waals surface area (Å²) in [6.07, 6.45) is -0.140. The fraction of sp³-hybridized carbons (Fsp3) is 0.562. The Kier molecular flexibility index (Phi) is 4.33. The van der Waals surface area contributed by atoms with E-state index in [1.165, 1.54) is 0 Å². The Morgan fingerprint density at radius 2 is 1.82 bits per heavy atom. The van der Waals surface area contributed by atoms with Gasteiger partial charge < -0.3 is 24.8 Å². The number of carbonyl (C=O) groups is 1. The van der Waals surface area contributed by atoms with Gasteiger partial charge >= 0.3 is 0 Å². The molecule has 2 saturated heterocycles. The van der Waals surface area contributed by atoms with Crippen molar-refractivity contribution in [1.29, 1.82) is 0 Å². The van der Waals surface area contributed by atoms with E-state index >= 15 is 0 Å². The minimum absolute atomic E-state index is 0.151. The van der Waals surface area contributed by atoms with Crippen molar-refractivity contribution in [2.45, 2.75) is 32.3 Å². The summed E-state index contributed by atoms with van der Waals surface area (Å²) in [7, 11) is 0. The molecule has 0 aromatic heterocycles. The zero-order valence-corrected chi connectivity index (χ0v) is 13.0. The predicted molar refractivity (Wildman–Crippen MR) is 81.8 cm³/mol. The number of benzene rings is 1. The molecule has 120 valence electrons. The lowest BCUT2D eigenvalue weighted by Crippen LogP contribution is -2.46. The molecule has 2 N–H and O–H groups in total. The van der Waals surface area contributed by atoms with Crippen LogP contribution < -0.4 is 10.6 Å². The van der Waals surface area contributed by atoms with E-state index in [0.717, 1.165) is 24.3 Å². The lowest BCUT2D eigenvalue weighted by atomic mass is 10.0. The Morgan fingerprint density at radius 1 is 1.18 bits per heavy atom. The van der Waals surface area contributed by atoms with Crippen LogP contribution in [-0.2, 0) is 14.2 Å². The molecule has 22 heavy (non-hydrogen) atoms. The van der Waals surface area contributed by atoms with Crippen LogP contribution in [0.1, 0.15) is 36.1 Å². The minimum Gasteiger partial charge on any atom is -0.372 e. The van der Waals surface area contributed by atoms with Crippen LogP contribution in [0, 0.1) is 0 Å². The van der Waals surface area contributed by atoms with E-state index < -0.39 is 12.2 Å². The van der Waals surface area contributed by atoms with E-state index in [-0.39, 0.29) is 12.2 Å². The van der Waals surface area contributed by atoms with Crippen molar-refractivity contribution in [2.75, 3.05) is 31.2 Å². The monoisotopic (exact) mass is 306 g/mol. The van der Waals surface area contributed by atoms with E-state index in [9.17, 15) is 4.79 Å². The summed E-state index contributed by atoms with van der Waals surface area (Å²) in [6, 6.07) is 5.45. The molecule has 1 amide bonds. The number of carbonyl (C=O) groups excluding carboxylic acids is 1. The third-order valence-corrected chi connectivity index (χ3v) is 3.95. The van der Waals surface area contributed by atoms with Crippen molar-refractivity contribution < 1.29 is 19.0 Å². The van der Waals surface area contributed by atoms with Gasteiger partial charge in [-0.2, -0.15) is 0 Å². The SMILES string of the molecule is C[C@@H]1CN(c2ccc(C(N)=O)cc2C2OCCO2)C[C@H](C)O1. The molecule has 2 aliphatic heterocycles. The van der Waals surface area contributed by atoms with Crippen LogP contribution in [0.15, 0.2) is 18.2 Å². The average molecular weight is 306 g/mol. The number of morpholine rings is 1. The van der Waals surface area contributed by atoms with Gasteiger partial charge in [-0.15, -0.1) is 0 Å². The molecule has 6 heteroatoms. The molecule has 6 nitrogen and oxygen atoms in total. The summed E-state index contributed by atoms with van der Waals surface area (Å²) >= 11 is 0. The smallest absolute Gasteiger partial charge is 0.248 e. The zero-order valence-electron chi connectivity index (χ0n) is 13.0. The third kappa shape index (κ3) is 3.09. The maximum atomic E-state index is 11.5. The molecule has 3 rings (SSSR count). The molecule has 2 heterocycles. The van der Waals surface area contributed by atoms with Gasteiger partial charge in [0.1, 0.15) is 0 Å². The van der Waals surface area contributed by atoms with Gasteiger partial charge in [-0.3, -0.25) is 4.79 Å². The normalized spacial score (nSPS) is 26.4. The van der Waals surface area contributed by atoms with Crippen LogP contribution in [0.3, 0.4) is 0 Å². The van der Waals surface area contributed by atoms with Crippen molar-refractivity contribution >= 4 is 11.6 Å². The van der Waals surface area contributed by atoms with Gasteiger partial charge in [-0.05, 0) is 32.0 Å². The molecular weight excluding hydrogens is 284 g/mol. The molecule has 0 saturated carbocycles. The maximum Gasteiger partial charge on any atom is 0.248 e. The van der Waals surface area contributed by atoms with Gasteiger partial charge in [0.25, 0.3) is 0 Å². The van der Waals surface area contributed by atoms with E-state index in [1.54, 1.807) is 12.1 Å². The van der Waals surface area contributed by atoms with Crippen LogP contribution in [0.2, 0.25) is 0 Å². The molecule has 2 fully saturated rings. The highest BCUT2D eigenvalue weighted by Crippen LogP contribution is 2.34. The summed E-state index contributed by atoms with van der Waals surface area (Å²) in [6.45, 7) is 6.81. The summed E-state index contributed by atoms with van der Waals surface area (Å²) in [5.41, 5.74) is 7.73. The fourth-order valence-corrected chi connectivity index (χ4v) is 3.10. The second-order valence-corrected chi connectivity index (χ2v) is 5.87. The van der Waals surface area contributed by atoms with E-state index in [1.807, 2.05) is 6.07 Å². The Balaban J connectivity index is 1.96. The summed E-state index contributed by atoms with van der Waals surface area (Å²) < 4.78 is 17.0. The Hall–Kier alpha value is -1.63. The van der Waals surface area contributed by atoms with E-state index in [2.05, 4.69) is 18.7 Å². The first-order chi connectivity index (χ1) is 10.5. The van der Waals surface area contributed by atoms with Gasteiger partial charge in [-0.1, -0.05) is 0 Å². The quantitative estimate of drug-likeness (QED) is 0.915. The summed E-state index contributed by atoms with van der Waals surface area (Å²) in [5, 5.41) is 0. The lowest BCUT2D eigenvalue weighted by molar-refractivity contribution is -0.0444. The molecule has 0 unspecified atom stereocenters. The Labute approximate surface area is 130 Å². The molecule has 0 spiro atoms. The number of ether oxygens (including phenoxy) is 3. The summed E-state index contributed by atoms with van der Waals surface area (Å²) in [5.74, 6) is -0.450. The number of nitrogens with two attached hydrogens (primary N) is 1. The number of anilines is 1. The minimum atomic E-state index is -0.450. The topological polar surface area (TPSA) is 74.0 Å². The average Bonchev–Trinajstić information content (AvgIpc) is 2.99. The van der Waals surface area contributed by atoms with Gasteiger partial charge in [0.05, 0.1) is 25.4 Å². The van der Waals surface area contributed by atoms with Gasteiger partial charge in [-0.25, -0.2) is 0 Å². The molecule has 2 atom stereocenters. The predicted octanol–water partition coefficient (Wildman–Crippen LogP) is 1.44. The molecule has 0 bridgehead atoms. The number of amides is 1. The highest BCUT2D eigenvalue weighted by Gasteiger charge is 2.28. The number of primary amides is 1. The molecule has 1 aromatic carbocycles. The van der Waals surface area contributed by atoms with Crippen LogP contribution in [0.5, 0.6) is 0 Å². The van der Waals surface area contributed by atoms with E-state index in [4.69, 9.17) is 19.9 Å². The largest absolute Gasteiger partial charge is 0.372 e. The molecular formula is C16H22N2O4. The summed E-state index contributed by atoms with van der Waals surface area (Å²) in [4.78, 5) is 13.7. The first-order valence-electron chi connectivity index (χ1n) is 7.62. The van der Waals surface area contributed by atoms with Crippen molar-refractivity contribution in [2.24, 2.45) is 5.73 Å². The first-order valence-corrected chi connectivity index (χ1v) is 7.62. The number of hydrogen-bond donors (Lipinski definition) is 1. The molecule has 2 aliphatic rings. The lowest BCUT2D eigenvalue weighted by Gasteiger charge is -2.38. The van der Waals surface area contributed by atoms with E-state index in [0.29, 0.717) is 18.8 Å². The number of nitrogens with zero attached hydrogens (tertiary/aromatic N) is 1. The molecule has 0 aliphatic carbocycles. The van der Waals surface area contributed by atoms with Gasteiger partial charge in [0.2, 0.25) is 5.91 Å². The second kappa shape index (κ2) is 6.24. The number of hydrogen-bond acceptors (Lipinski definition) is 5.